The van der Waals surface area contributed by atoms with E-state index >= 15 is 0 Å². The Morgan fingerprint density at radius 1 is 1.26 bits per heavy atom. The van der Waals surface area contributed by atoms with Crippen LogP contribution in [0.4, 0.5) is 5.69 Å². The van der Waals surface area contributed by atoms with E-state index in [1.54, 1.807) is 40.2 Å². The Kier molecular flexibility index (Phi) is 6.67. The minimum Gasteiger partial charge on any atom is -0.369 e. The number of hydrogen-bond donors (Lipinski definition) is 0. The first-order chi connectivity index (χ1) is 14.8. The van der Waals surface area contributed by atoms with E-state index in [0.29, 0.717) is 48.8 Å². The molecule has 0 aliphatic carbocycles. The minimum atomic E-state index is -0.186. The molecule has 0 saturated carbocycles. The van der Waals surface area contributed by atoms with Gasteiger partial charge < -0.3 is 9.64 Å². The molecule has 1 fully saturated rings. The van der Waals surface area contributed by atoms with Crippen LogP contribution < -0.4 is 0 Å². The standard InChI is InChI=1S/C22H21BrCl2N4O2/c1-28(2)12-26-19-10-18(25)16(23)9-14(19)22(30)13-6-7-17(24)21-15(13)11-29(27-21)20-5-3-4-8-31-20/h6-7,9-12,20H,3-5,8H2,1-2H3/b26-12+. The number of fused-ring (bicyclic) bond motifs is 1. The van der Waals surface area contributed by atoms with Crippen LogP contribution in [-0.2, 0) is 4.74 Å². The van der Waals surface area contributed by atoms with E-state index in [9.17, 15) is 4.79 Å². The van der Waals surface area contributed by atoms with E-state index in [4.69, 9.17) is 27.9 Å². The van der Waals surface area contributed by atoms with Gasteiger partial charge in [0.05, 0.1) is 22.1 Å². The van der Waals surface area contributed by atoms with Crippen molar-refractivity contribution < 1.29 is 9.53 Å². The minimum absolute atomic E-state index is 0.148. The summed E-state index contributed by atoms with van der Waals surface area (Å²) in [5.74, 6) is -0.186. The van der Waals surface area contributed by atoms with Gasteiger partial charge >= 0.3 is 0 Å². The fraction of sp³-hybridized carbons (Fsp3) is 0.318. The largest absolute Gasteiger partial charge is 0.369 e. The summed E-state index contributed by atoms with van der Waals surface area (Å²) in [6.45, 7) is 0.701. The average molecular weight is 524 g/mol. The molecule has 0 bridgehead atoms. The van der Waals surface area contributed by atoms with Gasteiger partial charge in [0.1, 0.15) is 11.7 Å². The summed E-state index contributed by atoms with van der Waals surface area (Å²) >= 11 is 16.1. The predicted molar refractivity (Wildman–Crippen MR) is 128 cm³/mol. The molecule has 2 aromatic carbocycles. The summed E-state index contributed by atoms with van der Waals surface area (Å²) in [4.78, 5) is 19.9. The lowest BCUT2D eigenvalue weighted by Gasteiger charge is -2.22. The molecule has 1 saturated heterocycles. The van der Waals surface area contributed by atoms with Crippen molar-refractivity contribution in [2.45, 2.75) is 25.5 Å². The molecule has 1 aliphatic heterocycles. The van der Waals surface area contributed by atoms with Crippen molar-refractivity contribution in [3.05, 3.63) is 56.1 Å². The topological polar surface area (TPSA) is 59.7 Å². The maximum Gasteiger partial charge on any atom is 0.195 e. The average Bonchev–Trinajstić information content (AvgIpc) is 3.21. The number of benzene rings is 2. The van der Waals surface area contributed by atoms with Crippen molar-refractivity contribution >= 4 is 67.8 Å². The number of aromatic nitrogens is 2. The Morgan fingerprint density at radius 3 is 2.77 bits per heavy atom. The Balaban J connectivity index is 1.82. The van der Waals surface area contributed by atoms with Gasteiger partial charge in [0, 0.05) is 47.9 Å². The maximum atomic E-state index is 13.6. The molecule has 2 heterocycles. The number of hydrogen-bond acceptors (Lipinski definition) is 4. The zero-order chi connectivity index (χ0) is 22.1. The lowest BCUT2D eigenvalue weighted by Crippen LogP contribution is -2.18. The van der Waals surface area contributed by atoms with E-state index in [2.05, 4.69) is 26.0 Å². The molecular weight excluding hydrogens is 503 g/mol. The van der Waals surface area contributed by atoms with Gasteiger partial charge in [-0.15, -0.1) is 0 Å². The van der Waals surface area contributed by atoms with Gasteiger partial charge in [0.25, 0.3) is 0 Å². The van der Waals surface area contributed by atoms with Crippen LogP contribution in [0.15, 0.2) is 39.9 Å². The molecule has 1 atom stereocenters. The number of halogens is 3. The van der Waals surface area contributed by atoms with Gasteiger partial charge in [0.15, 0.2) is 5.78 Å². The van der Waals surface area contributed by atoms with Crippen molar-refractivity contribution in [3.63, 3.8) is 0 Å². The first-order valence-corrected chi connectivity index (χ1v) is 11.4. The van der Waals surface area contributed by atoms with Crippen molar-refractivity contribution in [3.8, 4) is 0 Å². The van der Waals surface area contributed by atoms with Crippen LogP contribution in [0, 0.1) is 0 Å². The van der Waals surface area contributed by atoms with Gasteiger partial charge in [0.2, 0.25) is 0 Å². The third kappa shape index (κ3) is 4.65. The zero-order valence-electron chi connectivity index (χ0n) is 17.1. The van der Waals surface area contributed by atoms with Gasteiger partial charge in [-0.05, 0) is 59.5 Å². The smallest absolute Gasteiger partial charge is 0.195 e. The summed E-state index contributed by atoms with van der Waals surface area (Å²) < 4.78 is 8.24. The summed E-state index contributed by atoms with van der Waals surface area (Å²) in [6.07, 6.45) is 6.33. The van der Waals surface area contributed by atoms with Crippen LogP contribution >= 0.6 is 39.1 Å². The molecule has 1 aromatic heterocycles. The molecule has 3 aromatic rings. The lowest BCUT2D eigenvalue weighted by molar-refractivity contribution is -0.0390. The summed E-state index contributed by atoms with van der Waals surface area (Å²) in [5.41, 5.74) is 1.99. The lowest BCUT2D eigenvalue weighted by atomic mass is 9.99. The highest BCUT2D eigenvalue weighted by Gasteiger charge is 2.23. The second kappa shape index (κ2) is 9.28. The van der Waals surface area contributed by atoms with Gasteiger partial charge in [-0.25, -0.2) is 9.67 Å². The number of ether oxygens (including phenoxy) is 1. The molecule has 0 N–H and O–H groups in total. The van der Waals surface area contributed by atoms with E-state index in [-0.39, 0.29) is 12.0 Å². The van der Waals surface area contributed by atoms with E-state index in [1.165, 1.54) is 0 Å². The van der Waals surface area contributed by atoms with Crippen molar-refractivity contribution in [2.75, 3.05) is 20.7 Å². The number of aliphatic imine (C=N–C) groups is 1. The van der Waals surface area contributed by atoms with Crippen LogP contribution in [-0.4, -0.2) is 47.5 Å². The molecule has 0 amide bonds. The Morgan fingerprint density at radius 2 is 2.06 bits per heavy atom. The van der Waals surface area contributed by atoms with E-state index in [0.717, 1.165) is 19.3 Å². The summed E-state index contributed by atoms with van der Waals surface area (Å²) in [5, 5.41) is 6.28. The molecule has 1 aliphatic rings. The normalized spacial score (nSPS) is 16.9. The molecule has 0 radical (unpaired) electrons. The second-order valence-corrected chi connectivity index (χ2v) is 9.28. The molecular formula is C22H21BrCl2N4O2. The highest BCUT2D eigenvalue weighted by Crippen LogP contribution is 2.35. The van der Waals surface area contributed by atoms with Crippen LogP contribution in [0.1, 0.15) is 41.4 Å². The SMILES string of the molecule is CN(C)/C=N/c1cc(Cl)c(Br)cc1C(=O)c1ccc(Cl)c2nn(C3CCCCO3)cc12. The molecule has 1 unspecified atom stereocenters. The number of carbonyl (C=O) groups excluding carboxylic acids is 1. The van der Waals surface area contributed by atoms with Crippen molar-refractivity contribution in [1.82, 2.24) is 14.7 Å². The number of carbonyl (C=O) groups is 1. The van der Waals surface area contributed by atoms with Gasteiger partial charge in [-0.3, -0.25) is 4.79 Å². The molecule has 4 rings (SSSR count). The van der Waals surface area contributed by atoms with Crippen LogP contribution in [0.25, 0.3) is 10.9 Å². The fourth-order valence-corrected chi connectivity index (χ4v) is 4.22. The van der Waals surface area contributed by atoms with Crippen LogP contribution in [0.5, 0.6) is 0 Å². The summed E-state index contributed by atoms with van der Waals surface area (Å²) in [6, 6.07) is 6.79. The highest BCUT2D eigenvalue weighted by atomic mass is 79.9. The van der Waals surface area contributed by atoms with Crippen molar-refractivity contribution in [2.24, 2.45) is 4.99 Å². The molecule has 0 spiro atoms. The van der Waals surface area contributed by atoms with Crippen LogP contribution in [0.2, 0.25) is 10.0 Å². The van der Waals surface area contributed by atoms with Crippen molar-refractivity contribution in [1.29, 1.82) is 0 Å². The number of ketones is 1. The first kappa shape index (κ1) is 22.3. The Labute approximate surface area is 198 Å². The van der Waals surface area contributed by atoms with E-state index in [1.807, 2.05) is 20.3 Å². The van der Waals surface area contributed by atoms with Crippen LogP contribution in [0.3, 0.4) is 0 Å². The van der Waals surface area contributed by atoms with Gasteiger partial charge in [-0.2, -0.15) is 5.10 Å². The third-order valence-electron chi connectivity index (χ3n) is 5.05. The molecule has 162 valence electrons. The number of rotatable bonds is 5. The maximum absolute atomic E-state index is 13.6. The zero-order valence-corrected chi connectivity index (χ0v) is 20.2. The van der Waals surface area contributed by atoms with Gasteiger partial charge in [-0.1, -0.05) is 23.2 Å². The molecule has 9 heteroatoms. The molecule has 6 nitrogen and oxygen atoms in total. The first-order valence-electron chi connectivity index (χ1n) is 9.88. The fourth-order valence-electron chi connectivity index (χ4n) is 3.52. The third-order valence-corrected chi connectivity index (χ3v) is 6.55. The summed E-state index contributed by atoms with van der Waals surface area (Å²) in [7, 11) is 3.71. The molecule has 31 heavy (non-hydrogen) atoms. The quantitative estimate of drug-likeness (QED) is 0.225. The predicted octanol–water partition coefficient (Wildman–Crippen LogP) is 6.26. The second-order valence-electron chi connectivity index (χ2n) is 7.61. The Bertz CT molecular complexity index is 1170. The van der Waals surface area contributed by atoms with E-state index < -0.39 is 0 Å². The highest BCUT2D eigenvalue weighted by molar-refractivity contribution is 9.10. The number of nitrogens with zero attached hydrogens (tertiary/aromatic N) is 4. The Hall–Kier alpha value is -1.93. The monoisotopic (exact) mass is 522 g/mol.